The van der Waals surface area contributed by atoms with Gasteiger partial charge in [-0.15, -0.1) is 0 Å². The molecule has 0 saturated carbocycles. The molecule has 0 amide bonds. The first kappa shape index (κ1) is 6.77. The molecule has 0 fully saturated rings. The number of nitrogens with zero attached hydrogens (tertiary/aromatic N) is 1. The summed E-state index contributed by atoms with van der Waals surface area (Å²) in [6.45, 7) is 0.610. The second kappa shape index (κ2) is 1.58. The molecule has 0 N–H and O–H groups in total. The predicted octanol–water partition coefficient (Wildman–Crippen LogP) is -0.0801. The van der Waals surface area contributed by atoms with E-state index in [0.29, 0.717) is 6.54 Å². The number of likely N-dealkylation sites (N-methyl/N-ethyl adjacent to an activating group) is 1. The minimum atomic E-state index is -2.91. The van der Waals surface area contributed by atoms with Crippen LogP contribution < -0.4 is 0 Å². The zero-order valence-electron chi connectivity index (χ0n) is 5.53. The summed E-state index contributed by atoms with van der Waals surface area (Å²) in [5.74, 6) is 0. The first-order valence-electron chi connectivity index (χ1n) is 2.69. The maximum Gasteiger partial charge on any atom is 0.298 e. The molecule has 1 heterocycles. The normalized spacial score (nSPS) is 34.0. The zero-order valence-corrected chi connectivity index (χ0v) is 6.35. The molecule has 52 valence electrons. The smallest absolute Gasteiger partial charge is 0.192 e. The Balaban J connectivity index is 3.00. The van der Waals surface area contributed by atoms with E-state index in [2.05, 4.69) is 0 Å². The number of hydrogen-bond donors (Lipinski definition) is 0. The molecule has 0 aliphatic carbocycles. The summed E-state index contributed by atoms with van der Waals surface area (Å²) in [7, 11) is -1.24. The lowest BCUT2D eigenvalue weighted by atomic mass is 10.4. The fraction of sp³-hybridized carbons (Fsp3) is 0.600. The molecular weight excluding hydrogens is 138 g/mol. The van der Waals surface area contributed by atoms with Crippen molar-refractivity contribution in [1.29, 1.82) is 0 Å². The highest BCUT2D eigenvalue weighted by molar-refractivity contribution is 7.85. The first-order chi connectivity index (χ1) is 3.96. The molecule has 0 spiro atoms. The van der Waals surface area contributed by atoms with E-state index >= 15 is 0 Å². The molecule has 3 nitrogen and oxygen atoms in total. The minimum absolute atomic E-state index is 0.0625. The van der Waals surface area contributed by atoms with E-state index < -0.39 is 10.0 Å². The fourth-order valence-electron chi connectivity index (χ4n) is 0.648. The van der Waals surface area contributed by atoms with Crippen molar-refractivity contribution in [3.63, 3.8) is 0 Å². The quantitative estimate of drug-likeness (QED) is 0.487. The third-order valence-electron chi connectivity index (χ3n) is 1.65. The van der Waals surface area contributed by atoms with E-state index in [1.54, 1.807) is 13.2 Å². The van der Waals surface area contributed by atoms with Gasteiger partial charge in [-0.2, -0.15) is 12.3 Å². The summed E-state index contributed by atoms with van der Waals surface area (Å²) in [6, 6.07) is 0. The first-order valence-corrected chi connectivity index (χ1v) is 4.54. The molecule has 9 heavy (non-hydrogen) atoms. The van der Waals surface area contributed by atoms with Gasteiger partial charge in [-0.25, -0.2) is 0 Å². The number of quaternary nitrogens is 1. The third-order valence-corrected chi connectivity index (χ3v) is 3.43. The van der Waals surface area contributed by atoms with Crippen LogP contribution in [0.4, 0.5) is 0 Å². The van der Waals surface area contributed by atoms with Crippen LogP contribution in [0.3, 0.4) is 0 Å². The van der Waals surface area contributed by atoms with E-state index in [4.69, 9.17) is 0 Å². The zero-order chi connectivity index (χ0) is 7.12. The average Bonchev–Trinajstić information content (AvgIpc) is 1.57. The van der Waals surface area contributed by atoms with Gasteiger partial charge >= 0.3 is 0 Å². The van der Waals surface area contributed by atoms with Crippen molar-refractivity contribution in [2.45, 2.75) is 0 Å². The molecule has 0 bridgehead atoms. The second-order valence-corrected chi connectivity index (χ2v) is 4.77. The summed E-state index contributed by atoms with van der Waals surface area (Å²) in [5, 5.41) is 0. The Labute approximate surface area is 55.2 Å². The van der Waals surface area contributed by atoms with Crippen LogP contribution in [0.25, 0.3) is 0 Å². The summed E-state index contributed by atoms with van der Waals surface area (Å²) < 4.78 is 21.8. The summed E-state index contributed by atoms with van der Waals surface area (Å²) in [5.41, 5.74) is 0. The molecule has 4 heteroatoms. The van der Waals surface area contributed by atoms with Crippen molar-refractivity contribution in [3.8, 4) is 0 Å². The van der Waals surface area contributed by atoms with Crippen LogP contribution in [0.5, 0.6) is 0 Å². The number of hydrogen-bond acceptors (Lipinski definition) is 2. The monoisotopic (exact) mass is 148 g/mol. The van der Waals surface area contributed by atoms with Gasteiger partial charge in [0, 0.05) is 6.08 Å². The van der Waals surface area contributed by atoms with Crippen molar-refractivity contribution in [2.24, 2.45) is 0 Å². The van der Waals surface area contributed by atoms with E-state index in [9.17, 15) is 8.42 Å². The van der Waals surface area contributed by atoms with Gasteiger partial charge in [-0.05, 0) is 0 Å². The van der Waals surface area contributed by atoms with Crippen LogP contribution >= 0.6 is 0 Å². The van der Waals surface area contributed by atoms with Gasteiger partial charge in [0.05, 0.1) is 13.3 Å². The molecule has 0 aromatic heterocycles. The third kappa shape index (κ3) is 0.881. The van der Waals surface area contributed by atoms with E-state index in [0.717, 1.165) is 0 Å². The maximum atomic E-state index is 10.9. The lowest BCUT2D eigenvalue weighted by Gasteiger charge is -2.31. The lowest BCUT2D eigenvalue weighted by Crippen LogP contribution is -2.48. The summed E-state index contributed by atoms with van der Waals surface area (Å²) in [4.78, 5) is 0. The molecule has 0 aromatic rings. The number of sulfonamides is 1. The lowest BCUT2D eigenvalue weighted by molar-refractivity contribution is -0.739. The van der Waals surface area contributed by atoms with Gasteiger partial charge in [-0.1, -0.05) is 0 Å². The Hall–Kier alpha value is -0.350. The Morgan fingerprint density at radius 1 is 1.56 bits per heavy atom. The SMILES string of the molecule is C[N+]1(S(C)(=O)=O)C=CC1. The highest BCUT2D eigenvalue weighted by Gasteiger charge is 2.35. The molecule has 0 saturated heterocycles. The van der Waals surface area contributed by atoms with Crippen molar-refractivity contribution in [3.05, 3.63) is 12.3 Å². The fourth-order valence-corrected chi connectivity index (χ4v) is 1.31. The van der Waals surface area contributed by atoms with Crippen LogP contribution in [0.2, 0.25) is 0 Å². The molecule has 1 unspecified atom stereocenters. The van der Waals surface area contributed by atoms with Gasteiger partial charge in [0.25, 0.3) is 10.0 Å². The van der Waals surface area contributed by atoms with E-state index in [-0.39, 0.29) is 3.89 Å². The van der Waals surface area contributed by atoms with Crippen molar-refractivity contribution in [1.82, 2.24) is 0 Å². The molecule has 1 atom stereocenters. The summed E-state index contributed by atoms with van der Waals surface area (Å²) >= 11 is 0. The Morgan fingerprint density at radius 3 is 2.00 bits per heavy atom. The Morgan fingerprint density at radius 2 is 2.00 bits per heavy atom. The molecule has 1 rings (SSSR count). The summed E-state index contributed by atoms with van der Waals surface area (Å²) in [6.07, 6.45) is 4.77. The van der Waals surface area contributed by atoms with Gasteiger partial charge in [0.15, 0.2) is 0 Å². The average molecular weight is 148 g/mol. The van der Waals surface area contributed by atoms with E-state index in [1.165, 1.54) is 6.26 Å². The van der Waals surface area contributed by atoms with Gasteiger partial charge in [-0.3, -0.25) is 0 Å². The van der Waals surface area contributed by atoms with Gasteiger partial charge in [0.1, 0.15) is 12.7 Å². The second-order valence-electron chi connectivity index (χ2n) is 2.47. The Bertz CT molecular complexity index is 242. The predicted molar refractivity (Wildman–Crippen MR) is 35.0 cm³/mol. The van der Waals surface area contributed by atoms with Crippen LogP contribution in [0, 0.1) is 0 Å². The molecule has 1 aliphatic rings. The van der Waals surface area contributed by atoms with Crippen LogP contribution in [-0.2, 0) is 10.0 Å². The molecular formula is C5H10NO2S+. The van der Waals surface area contributed by atoms with Crippen LogP contribution in [0.1, 0.15) is 0 Å². The largest absolute Gasteiger partial charge is 0.298 e. The van der Waals surface area contributed by atoms with Crippen molar-refractivity contribution >= 4 is 10.0 Å². The Kier molecular flexibility index (Phi) is 1.18. The van der Waals surface area contributed by atoms with Crippen molar-refractivity contribution in [2.75, 3.05) is 19.8 Å². The van der Waals surface area contributed by atoms with Gasteiger partial charge in [0.2, 0.25) is 0 Å². The minimum Gasteiger partial charge on any atom is -0.192 e. The topological polar surface area (TPSA) is 34.1 Å². The molecule has 1 aliphatic heterocycles. The van der Waals surface area contributed by atoms with E-state index in [1.807, 2.05) is 6.08 Å². The van der Waals surface area contributed by atoms with Crippen LogP contribution in [-0.4, -0.2) is 32.2 Å². The molecule has 0 radical (unpaired) electrons. The van der Waals surface area contributed by atoms with Crippen molar-refractivity contribution < 1.29 is 12.3 Å². The highest BCUT2D eigenvalue weighted by atomic mass is 32.2. The number of rotatable bonds is 1. The van der Waals surface area contributed by atoms with Gasteiger partial charge < -0.3 is 0 Å². The van der Waals surface area contributed by atoms with Crippen LogP contribution in [0.15, 0.2) is 12.3 Å². The maximum absolute atomic E-state index is 10.9. The highest BCUT2D eigenvalue weighted by Crippen LogP contribution is 2.18. The molecule has 0 aromatic carbocycles. The standard InChI is InChI=1S/C5H10NO2S/c1-6(4-3-5-6)9(2,7)8/h3-4H,5H2,1-2H3/q+1.